The van der Waals surface area contributed by atoms with E-state index in [2.05, 4.69) is 28.1 Å². The molecule has 1 saturated heterocycles. The number of fused-ring (bicyclic) bond motifs is 4. The fraction of sp³-hybridized carbons (Fsp3) is 0.389. The van der Waals surface area contributed by atoms with Crippen molar-refractivity contribution >= 4 is 5.69 Å². The highest BCUT2D eigenvalue weighted by atomic mass is 16.5. The Morgan fingerprint density at radius 2 is 1.91 bits per heavy atom. The molecule has 0 amide bonds. The van der Waals surface area contributed by atoms with Crippen molar-refractivity contribution in [3.05, 3.63) is 47.7 Å². The van der Waals surface area contributed by atoms with Crippen LogP contribution in [-0.2, 0) is 6.42 Å². The molecule has 1 fully saturated rings. The minimum atomic E-state index is 0.431. The summed E-state index contributed by atoms with van der Waals surface area (Å²) in [7, 11) is 3.38. The zero-order chi connectivity index (χ0) is 15.1. The summed E-state index contributed by atoms with van der Waals surface area (Å²) in [6.45, 7) is 0. The Balaban J connectivity index is 1.70. The lowest BCUT2D eigenvalue weighted by molar-refractivity contribution is 0.396. The lowest BCUT2D eigenvalue weighted by Gasteiger charge is -2.38. The van der Waals surface area contributed by atoms with Crippen molar-refractivity contribution < 1.29 is 9.47 Å². The van der Waals surface area contributed by atoms with E-state index in [-0.39, 0.29) is 0 Å². The molecule has 4 nitrogen and oxygen atoms in total. The van der Waals surface area contributed by atoms with Crippen molar-refractivity contribution in [3.8, 4) is 11.6 Å². The summed E-state index contributed by atoms with van der Waals surface area (Å²) in [4.78, 5) is 6.97. The molecule has 2 aliphatic rings. The lowest BCUT2D eigenvalue weighted by atomic mass is 9.94. The molecular formula is C18H20N2O2. The fourth-order valence-corrected chi connectivity index (χ4v) is 3.86. The molecule has 114 valence electrons. The highest BCUT2D eigenvalue weighted by Gasteiger charge is 2.40. The van der Waals surface area contributed by atoms with Crippen LogP contribution in [0.1, 0.15) is 30.0 Å². The minimum Gasteiger partial charge on any atom is -0.497 e. The predicted octanol–water partition coefficient (Wildman–Crippen LogP) is 3.37. The first-order valence-electron chi connectivity index (χ1n) is 7.75. The molecule has 4 heteroatoms. The molecule has 22 heavy (non-hydrogen) atoms. The normalized spacial score (nSPS) is 22.4. The molecule has 2 aromatic rings. The average molecular weight is 296 g/mol. The van der Waals surface area contributed by atoms with Crippen molar-refractivity contribution in [3.63, 3.8) is 0 Å². The van der Waals surface area contributed by atoms with E-state index < -0.39 is 0 Å². The third kappa shape index (κ3) is 2.02. The quantitative estimate of drug-likeness (QED) is 0.870. The van der Waals surface area contributed by atoms with Crippen molar-refractivity contribution in [2.75, 3.05) is 19.1 Å². The van der Waals surface area contributed by atoms with Gasteiger partial charge in [-0.25, -0.2) is 4.98 Å². The molecule has 0 unspecified atom stereocenters. The minimum absolute atomic E-state index is 0.431. The zero-order valence-electron chi connectivity index (χ0n) is 13.0. The predicted molar refractivity (Wildman–Crippen MR) is 85.7 cm³/mol. The van der Waals surface area contributed by atoms with Gasteiger partial charge in [0.05, 0.1) is 20.3 Å². The van der Waals surface area contributed by atoms with Gasteiger partial charge in [-0.15, -0.1) is 0 Å². The monoisotopic (exact) mass is 296 g/mol. The Kier molecular flexibility index (Phi) is 3.17. The topological polar surface area (TPSA) is 34.6 Å². The summed E-state index contributed by atoms with van der Waals surface area (Å²) in [6, 6.07) is 11.5. The van der Waals surface area contributed by atoms with Crippen LogP contribution in [-0.4, -0.2) is 25.2 Å². The van der Waals surface area contributed by atoms with Gasteiger partial charge in [0.25, 0.3) is 0 Å². The molecule has 3 heterocycles. The Morgan fingerprint density at radius 1 is 1.09 bits per heavy atom. The van der Waals surface area contributed by atoms with E-state index in [1.165, 1.54) is 29.7 Å². The molecule has 2 atom stereocenters. The number of hydrogen-bond acceptors (Lipinski definition) is 4. The summed E-state index contributed by atoms with van der Waals surface area (Å²) in [6.07, 6.45) is 5.49. The van der Waals surface area contributed by atoms with E-state index in [9.17, 15) is 0 Å². The molecule has 0 aliphatic carbocycles. The smallest absolute Gasteiger partial charge is 0.213 e. The fourth-order valence-electron chi connectivity index (χ4n) is 3.86. The zero-order valence-corrected chi connectivity index (χ0v) is 13.0. The summed E-state index contributed by atoms with van der Waals surface area (Å²) in [5.74, 6) is 1.62. The van der Waals surface area contributed by atoms with Crippen LogP contribution >= 0.6 is 0 Å². The molecular weight excluding hydrogens is 276 g/mol. The van der Waals surface area contributed by atoms with Gasteiger partial charge >= 0.3 is 0 Å². The maximum atomic E-state index is 5.27. The second kappa shape index (κ2) is 5.20. The molecule has 2 bridgehead atoms. The van der Waals surface area contributed by atoms with E-state index >= 15 is 0 Å². The van der Waals surface area contributed by atoms with Crippen LogP contribution in [0.25, 0.3) is 0 Å². The van der Waals surface area contributed by atoms with Gasteiger partial charge in [-0.3, -0.25) is 0 Å². The van der Waals surface area contributed by atoms with Crippen LogP contribution in [0, 0.1) is 0 Å². The van der Waals surface area contributed by atoms with Crippen molar-refractivity contribution in [2.24, 2.45) is 0 Å². The number of methoxy groups -OCH3 is 2. The van der Waals surface area contributed by atoms with Gasteiger partial charge in [0.15, 0.2) is 0 Å². The average Bonchev–Trinajstić information content (AvgIpc) is 2.89. The second-order valence-electron chi connectivity index (χ2n) is 5.98. The number of rotatable bonds is 3. The van der Waals surface area contributed by atoms with Crippen LogP contribution in [0.4, 0.5) is 5.69 Å². The van der Waals surface area contributed by atoms with Gasteiger partial charge in [-0.2, -0.15) is 0 Å². The Hall–Kier alpha value is -2.23. The van der Waals surface area contributed by atoms with Gasteiger partial charge in [-0.05, 0) is 54.7 Å². The van der Waals surface area contributed by atoms with E-state index in [0.29, 0.717) is 12.1 Å². The van der Waals surface area contributed by atoms with Gasteiger partial charge in [0.2, 0.25) is 5.88 Å². The first kappa shape index (κ1) is 13.4. The number of benzene rings is 1. The Labute approximate surface area is 130 Å². The van der Waals surface area contributed by atoms with Gasteiger partial charge < -0.3 is 14.4 Å². The molecule has 1 aromatic heterocycles. The summed E-state index contributed by atoms with van der Waals surface area (Å²) >= 11 is 0. The highest BCUT2D eigenvalue weighted by molar-refractivity contribution is 5.56. The van der Waals surface area contributed by atoms with Crippen LogP contribution in [0.15, 0.2) is 36.5 Å². The van der Waals surface area contributed by atoms with Gasteiger partial charge in [0.1, 0.15) is 5.75 Å². The van der Waals surface area contributed by atoms with E-state index in [4.69, 9.17) is 9.47 Å². The number of pyridine rings is 1. The van der Waals surface area contributed by atoms with Gasteiger partial charge in [0, 0.05) is 24.0 Å². The molecule has 0 saturated carbocycles. The van der Waals surface area contributed by atoms with Crippen LogP contribution in [0.3, 0.4) is 0 Å². The largest absolute Gasteiger partial charge is 0.497 e. The molecule has 0 radical (unpaired) electrons. The Morgan fingerprint density at radius 3 is 2.64 bits per heavy atom. The second-order valence-corrected chi connectivity index (χ2v) is 5.98. The maximum Gasteiger partial charge on any atom is 0.213 e. The molecule has 4 rings (SSSR count). The van der Waals surface area contributed by atoms with Crippen molar-refractivity contribution in [1.29, 1.82) is 0 Å². The Bertz CT molecular complexity index is 684. The van der Waals surface area contributed by atoms with Crippen LogP contribution < -0.4 is 14.4 Å². The summed E-state index contributed by atoms with van der Waals surface area (Å²) in [5.41, 5.74) is 4.02. The maximum absolute atomic E-state index is 5.27. The van der Waals surface area contributed by atoms with Crippen LogP contribution in [0.2, 0.25) is 0 Å². The van der Waals surface area contributed by atoms with Crippen molar-refractivity contribution in [1.82, 2.24) is 4.98 Å². The van der Waals surface area contributed by atoms with Crippen molar-refractivity contribution in [2.45, 2.75) is 31.3 Å². The number of hydrogen-bond donors (Lipinski definition) is 0. The highest BCUT2D eigenvalue weighted by Crippen LogP contribution is 2.46. The number of anilines is 1. The molecule has 0 spiro atoms. The standard InChI is InChI=1S/C18H20N2O2/c1-21-15-6-3-13(4-7-15)20-14-5-8-17(20)16-11-19-18(22-2)10-12(16)9-14/h3-4,6-7,10-11,14,17H,5,8-9H2,1-2H3/t14-,17+/m0/s1. The van der Waals surface area contributed by atoms with E-state index in [0.717, 1.165) is 18.1 Å². The number of nitrogens with zero attached hydrogens (tertiary/aromatic N) is 2. The third-order valence-corrected chi connectivity index (χ3v) is 4.90. The SMILES string of the molecule is COc1ccc(N2[C@H]3CC[C@@H]2c2cnc(OC)cc2C3)cc1. The molecule has 1 aromatic carbocycles. The van der Waals surface area contributed by atoms with E-state index in [1.807, 2.05) is 18.3 Å². The summed E-state index contributed by atoms with van der Waals surface area (Å²) < 4.78 is 10.5. The lowest BCUT2D eigenvalue weighted by Crippen LogP contribution is -2.37. The third-order valence-electron chi connectivity index (χ3n) is 4.90. The van der Waals surface area contributed by atoms with E-state index in [1.54, 1.807) is 14.2 Å². The number of ether oxygens (including phenoxy) is 2. The summed E-state index contributed by atoms with van der Waals surface area (Å²) in [5, 5.41) is 0. The molecule has 2 aliphatic heterocycles. The first-order chi connectivity index (χ1) is 10.8. The van der Waals surface area contributed by atoms with Crippen LogP contribution in [0.5, 0.6) is 11.6 Å². The number of aromatic nitrogens is 1. The first-order valence-corrected chi connectivity index (χ1v) is 7.75. The van der Waals surface area contributed by atoms with Gasteiger partial charge in [-0.1, -0.05) is 0 Å². The molecule has 0 N–H and O–H groups in total.